The predicted octanol–water partition coefficient (Wildman–Crippen LogP) is 1.73. The lowest BCUT2D eigenvalue weighted by molar-refractivity contribution is 0.240. The summed E-state index contributed by atoms with van der Waals surface area (Å²) in [6.07, 6.45) is 1.35. The minimum atomic E-state index is -2.99. The topological polar surface area (TPSA) is 75.3 Å². The van der Waals surface area contributed by atoms with Crippen LogP contribution in [0.2, 0.25) is 0 Å². The molecule has 0 unspecified atom stereocenters. The average Bonchev–Trinajstić information content (AvgIpc) is 3.03. The highest BCUT2D eigenvalue weighted by Crippen LogP contribution is 2.20. The van der Waals surface area contributed by atoms with Gasteiger partial charge >= 0.3 is 6.03 Å². The number of carbonyl (C=O) groups excluding carboxylic acids is 1. The van der Waals surface area contributed by atoms with Crippen LogP contribution in [0.3, 0.4) is 0 Å². The van der Waals surface area contributed by atoms with E-state index in [1.165, 1.54) is 4.88 Å². The zero-order valence-electron chi connectivity index (χ0n) is 11.5. The van der Waals surface area contributed by atoms with Crippen LogP contribution < -0.4 is 10.6 Å². The highest BCUT2D eigenvalue weighted by molar-refractivity contribution is 7.92. The van der Waals surface area contributed by atoms with Crippen molar-refractivity contribution in [3.8, 4) is 0 Å². The maximum Gasteiger partial charge on any atom is 0.314 e. The molecule has 0 aromatic carbocycles. The standard InChI is InChI=1S/C13H20N2O3S2/c1-10(12-5-2-6-19-12)8-14-13(16)15-9-11-4-3-7-20(11,17)18/h2,5-6,10-11H,3-4,7-9H2,1H3,(H2,14,15,16)/t10-,11-/m1/s1. The van der Waals surface area contributed by atoms with Gasteiger partial charge in [-0.2, -0.15) is 0 Å². The summed E-state index contributed by atoms with van der Waals surface area (Å²) >= 11 is 1.67. The predicted molar refractivity (Wildman–Crippen MR) is 80.9 cm³/mol. The first-order valence-electron chi connectivity index (χ1n) is 6.75. The third-order valence-corrected chi connectivity index (χ3v) is 6.93. The molecule has 2 atom stereocenters. The van der Waals surface area contributed by atoms with E-state index in [4.69, 9.17) is 0 Å². The number of amides is 2. The van der Waals surface area contributed by atoms with Crippen molar-refractivity contribution in [3.05, 3.63) is 22.4 Å². The molecule has 2 amide bonds. The molecule has 7 heteroatoms. The van der Waals surface area contributed by atoms with E-state index in [9.17, 15) is 13.2 Å². The van der Waals surface area contributed by atoms with Crippen LogP contribution in [0.4, 0.5) is 4.79 Å². The Morgan fingerprint density at radius 3 is 2.90 bits per heavy atom. The Morgan fingerprint density at radius 2 is 2.30 bits per heavy atom. The van der Waals surface area contributed by atoms with Gasteiger partial charge in [-0.1, -0.05) is 13.0 Å². The number of thiophene rings is 1. The molecule has 112 valence electrons. The van der Waals surface area contributed by atoms with Gasteiger partial charge in [0.05, 0.1) is 11.0 Å². The van der Waals surface area contributed by atoms with Crippen LogP contribution in [-0.2, 0) is 9.84 Å². The van der Waals surface area contributed by atoms with E-state index in [1.807, 2.05) is 24.4 Å². The highest BCUT2D eigenvalue weighted by Gasteiger charge is 2.31. The molecule has 0 aliphatic carbocycles. The molecule has 20 heavy (non-hydrogen) atoms. The zero-order valence-corrected chi connectivity index (χ0v) is 13.1. The second kappa shape index (κ2) is 6.58. The van der Waals surface area contributed by atoms with E-state index < -0.39 is 15.1 Å². The average molecular weight is 316 g/mol. The summed E-state index contributed by atoms with van der Waals surface area (Å²) in [5.41, 5.74) is 0. The second-order valence-corrected chi connectivity index (χ2v) is 8.52. The molecule has 1 aliphatic heterocycles. The van der Waals surface area contributed by atoms with E-state index in [0.717, 1.165) is 0 Å². The van der Waals surface area contributed by atoms with Gasteiger partial charge in [0.1, 0.15) is 0 Å². The fraction of sp³-hybridized carbons (Fsp3) is 0.615. The number of nitrogens with one attached hydrogen (secondary N) is 2. The van der Waals surface area contributed by atoms with Crippen LogP contribution in [0, 0.1) is 0 Å². The molecule has 0 saturated carbocycles. The number of urea groups is 1. The molecule has 2 N–H and O–H groups in total. The Morgan fingerprint density at radius 1 is 1.50 bits per heavy atom. The Hall–Kier alpha value is -1.08. The zero-order chi connectivity index (χ0) is 14.6. The normalized spacial score (nSPS) is 22.4. The van der Waals surface area contributed by atoms with Gasteiger partial charge in [-0.05, 0) is 24.3 Å². The van der Waals surface area contributed by atoms with Crippen molar-refractivity contribution in [2.24, 2.45) is 0 Å². The van der Waals surface area contributed by atoms with E-state index in [1.54, 1.807) is 11.3 Å². The Balaban J connectivity index is 1.71. The molecular formula is C13H20N2O3S2. The van der Waals surface area contributed by atoms with Gasteiger partial charge in [-0.3, -0.25) is 0 Å². The van der Waals surface area contributed by atoms with Crippen LogP contribution >= 0.6 is 11.3 Å². The van der Waals surface area contributed by atoms with Crippen molar-refractivity contribution in [2.75, 3.05) is 18.8 Å². The van der Waals surface area contributed by atoms with E-state index in [-0.39, 0.29) is 24.2 Å². The molecule has 0 radical (unpaired) electrons. The molecule has 1 fully saturated rings. The Kier molecular flexibility index (Phi) is 5.04. The molecule has 2 heterocycles. The van der Waals surface area contributed by atoms with Gasteiger partial charge in [-0.25, -0.2) is 13.2 Å². The monoisotopic (exact) mass is 316 g/mol. The molecular weight excluding hydrogens is 296 g/mol. The summed E-state index contributed by atoms with van der Waals surface area (Å²) in [5, 5.41) is 7.04. The quantitative estimate of drug-likeness (QED) is 0.868. The first kappa shape index (κ1) is 15.3. The number of carbonyl (C=O) groups is 1. The summed E-state index contributed by atoms with van der Waals surface area (Å²) in [6, 6.07) is 3.73. The number of rotatable bonds is 5. The molecule has 5 nitrogen and oxygen atoms in total. The molecule has 1 aromatic rings. The van der Waals surface area contributed by atoms with Crippen LogP contribution in [0.5, 0.6) is 0 Å². The summed E-state index contributed by atoms with van der Waals surface area (Å²) in [7, 11) is -2.99. The number of hydrogen-bond acceptors (Lipinski definition) is 4. The SMILES string of the molecule is C[C@H](CNC(=O)NC[C@H]1CCCS1(=O)=O)c1cccs1. The molecule has 2 rings (SSSR count). The summed E-state index contributed by atoms with van der Waals surface area (Å²) in [5.74, 6) is 0.507. The van der Waals surface area contributed by atoms with Crippen LogP contribution in [0.25, 0.3) is 0 Å². The molecule has 1 saturated heterocycles. The van der Waals surface area contributed by atoms with Crippen molar-refractivity contribution in [3.63, 3.8) is 0 Å². The lowest BCUT2D eigenvalue weighted by Crippen LogP contribution is -2.42. The minimum absolute atomic E-state index is 0.210. The first-order valence-corrected chi connectivity index (χ1v) is 9.35. The molecule has 1 aromatic heterocycles. The summed E-state index contributed by atoms with van der Waals surface area (Å²) in [6.45, 7) is 2.80. The van der Waals surface area contributed by atoms with E-state index in [0.29, 0.717) is 19.4 Å². The van der Waals surface area contributed by atoms with Gasteiger partial charge in [0, 0.05) is 23.9 Å². The van der Waals surface area contributed by atoms with Crippen molar-refractivity contribution in [2.45, 2.75) is 30.9 Å². The van der Waals surface area contributed by atoms with Gasteiger partial charge in [-0.15, -0.1) is 11.3 Å². The third-order valence-electron chi connectivity index (χ3n) is 3.55. The Labute approximate surface area is 123 Å². The van der Waals surface area contributed by atoms with E-state index in [2.05, 4.69) is 10.6 Å². The van der Waals surface area contributed by atoms with Crippen molar-refractivity contribution in [1.82, 2.24) is 10.6 Å². The number of sulfone groups is 1. The van der Waals surface area contributed by atoms with Gasteiger partial charge in [0.2, 0.25) is 0 Å². The van der Waals surface area contributed by atoms with Gasteiger partial charge < -0.3 is 10.6 Å². The third kappa shape index (κ3) is 3.96. The molecule has 0 spiro atoms. The molecule has 1 aliphatic rings. The lowest BCUT2D eigenvalue weighted by Gasteiger charge is -2.14. The Bertz CT molecular complexity index is 540. The summed E-state index contributed by atoms with van der Waals surface area (Å²) < 4.78 is 23.3. The van der Waals surface area contributed by atoms with Crippen molar-refractivity contribution >= 4 is 27.2 Å². The molecule has 0 bridgehead atoms. The smallest absolute Gasteiger partial charge is 0.314 e. The minimum Gasteiger partial charge on any atom is -0.338 e. The van der Waals surface area contributed by atoms with Gasteiger partial charge in [0.15, 0.2) is 9.84 Å². The summed E-state index contributed by atoms with van der Waals surface area (Å²) in [4.78, 5) is 12.9. The fourth-order valence-electron chi connectivity index (χ4n) is 2.27. The van der Waals surface area contributed by atoms with Gasteiger partial charge in [0.25, 0.3) is 0 Å². The van der Waals surface area contributed by atoms with Crippen LogP contribution in [0.15, 0.2) is 17.5 Å². The first-order chi connectivity index (χ1) is 9.49. The number of hydrogen-bond donors (Lipinski definition) is 2. The highest BCUT2D eigenvalue weighted by atomic mass is 32.2. The maximum absolute atomic E-state index is 11.7. The second-order valence-electron chi connectivity index (χ2n) is 5.14. The van der Waals surface area contributed by atoms with Crippen LogP contribution in [0.1, 0.15) is 30.6 Å². The van der Waals surface area contributed by atoms with Crippen LogP contribution in [-0.4, -0.2) is 38.5 Å². The van der Waals surface area contributed by atoms with Crippen molar-refractivity contribution < 1.29 is 13.2 Å². The fourth-order valence-corrected chi connectivity index (χ4v) is 4.83. The largest absolute Gasteiger partial charge is 0.338 e. The maximum atomic E-state index is 11.7. The van der Waals surface area contributed by atoms with Crippen molar-refractivity contribution in [1.29, 1.82) is 0 Å². The van der Waals surface area contributed by atoms with E-state index >= 15 is 0 Å². The lowest BCUT2D eigenvalue weighted by atomic mass is 10.1.